The quantitative estimate of drug-likeness (QED) is 0.711. The minimum Gasteiger partial charge on any atom is -0.462 e. The van der Waals surface area contributed by atoms with E-state index in [9.17, 15) is 14.3 Å². The maximum absolute atomic E-state index is 13.7. The second-order valence-corrected chi connectivity index (χ2v) is 6.41. The van der Waals surface area contributed by atoms with Gasteiger partial charge < -0.3 is 14.7 Å². The standard InChI is InChI=1S/C19H19FN4O3/c1-2-27-18(25)15-12-21-24-10-7-16(22-17(15)24)23-9-4-8-19(23,26)13-5-3-6-14(20)11-13/h3,5-7,10-12,26H,2,4,8-9H2,1H3. The highest BCUT2D eigenvalue weighted by molar-refractivity contribution is 5.95. The van der Waals surface area contributed by atoms with Crippen molar-refractivity contribution < 1.29 is 19.0 Å². The molecule has 0 radical (unpaired) electrons. The fourth-order valence-electron chi connectivity index (χ4n) is 3.51. The largest absolute Gasteiger partial charge is 0.462 e. The molecule has 1 atom stereocenters. The van der Waals surface area contributed by atoms with Crippen LogP contribution in [0.1, 0.15) is 35.7 Å². The number of fused-ring (bicyclic) bond motifs is 1. The van der Waals surface area contributed by atoms with Crippen LogP contribution in [0.4, 0.5) is 10.2 Å². The summed E-state index contributed by atoms with van der Waals surface area (Å²) in [7, 11) is 0. The van der Waals surface area contributed by atoms with Crippen molar-refractivity contribution in [1.82, 2.24) is 14.6 Å². The lowest BCUT2D eigenvalue weighted by atomic mass is 10.00. The Balaban J connectivity index is 1.76. The first kappa shape index (κ1) is 17.4. The minimum atomic E-state index is -1.36. The highest BCUT2D eigenvalue weighted by Crippen LogP contribution is 2.39. The number of carbonyl (C=O) groups excluding carboxylic acids is 1. The molecule has 3 aromatic rings. The van der Waals surface area contributed by atoms with Crippen molar-refractivity contribution in [3.63, 3.8) is 0 Å². The van der Waals surface area contributed by atoms with Gasteiger partial charge in [0.25, 0.3) is 0 Å². The first-order valence-electron chi connectivity index (χ1n) is 8.80. The molecular weight excluding hydrogens is 351 g/mol. The van der Waals surface area contributed by atoms with Crippen LogP contribution in [0, 0.1) is 5.82 Å². The smallest absolute Gasteiger partial charge is 0.343 e. The Morgan fingerprint density at radius 3 is 3.04 bits per heavy atom. The second kappa shape index (κ2) is 6.62. The number of hydrogen-bond acceptors (Lipinski definition) is 6. The molecule has 0 aliphatic carbocycles. The predicted molar refractivity (Wildman–Crippen MR) is 95.8 cm³/mol. The van der Waals surface area contributed by atoms with E-state index >= 15 is 0 Å². The number of halogens is 1. The summed E-state index contributed by atoms with van der Waals surface area (Å²) >= 11 is 0. The summed E-state index contributed by atoms with van der Waals surface area (Å²) in [6.07, 6.45) is 4.26. The molecule has 1 saturated heterocycles. The topological polar surface area (TPSA) is 80.0 Å². The van der Waals surface area contributed by atoms with Gasteiger partial charge in [-0.05, 0) is 31.5 Å². The van der Waals surface area contributed by atoms with Gasteiger partial charge in [0.1, 0.15) is 17.2 Å². The van der Waals surface area contributed by atoms with Crippen molar-refractivity contribution in [3.8, 4) is 0 Å². The predicted octanol–water partition coefficient (Wildman–Crippen LogP) is 2.49. The van der Waals surface area contributed by atoms with Gasteiger partial charge in [0.2, 0.25) is 0 Å². The Morgan fingerprint density at radius 2 is 2.26 bits per heavy atom. The third-order valence-electron chi connectivity index (χ3n) is 4.77. The molecule has 8 heteroatoms. The van der Waals surface area contributed by atoms with Gasteiger partial charge in [0.05, 0.1) is 12.8 Å². The van der Waals surface area contributed by atoms with Crippen LogP contribution in [-0.2, 0) is 10.5 Å². The van der Waals surface area contributed by atoms with E-state index in [2.05, 4.69) is 10.1 Å². The number of rotatable bonds is 4. The number of benzene rings is 1. The van der Waals surface area contributed by atoms with Gasteiger partial charge in [0.15, 0.2) is 11.4 Å². The van der Waals surface area contributed by atoms with Crippen molar-refractivity contribution in [2.75, 3.05) is 18.1 Å². The number of hydrogen-bond donors (Lipinski definition) is 1. The molecule has 0 spiro atoms. The van der Waals surface area contributed by atoms with Crippen molar-refractivity contribution in [2.24, 2.45) is 0 Å². The maximum atomic E-state index is 13.7. The molecule has 1 N–H and O–H groups in total. The van der Waals surface area contributed by atoms with E-state index in [-0.39, 0.29) is 12.2 Å². The third-order valence-corrected chi connectivity index (χ3v) is 4.77. The average molecular weight is 370 g/mol. The summed E-state index contributed by atoms with van der Waals surface area (Å²) < 4.78 is 20.2. The van der Waals surface area contributed by atoms with Crippen LogP contribution in [0.5, 0.6) is 0 Å². The second-order valence-electron chi connectivity index (χ2n) is 6.41. The van der Waals surface area contributed by atoms with E-state index in [4.69, 9.17) is 4.74 Å². The summed E-state index contributed by atoms with van der Waals surface area (Å²) in [5, 5.41) is 15.4. The fraction of sp³-hybridized carbons (Fsp3) is 0.316. The Hall–Kier alpha value is -3.00. The molecule has 0 amide bonds. The fourth-order valence-corrected chi connectivity index (χ4v) is 3.51. The molecular formula is C19H19FN4O3. The van der Waals surface area contributed by atoms with Gasteiger partial charge in [-0.25, -0.2) is 18.7 Å². The Bertz CT molecular complexity index is 1010. The monoisotopic (exact) mass is 370 g/mol. The van der Waals surface area contributed by atoms with Gasteiger partial charge in [0, 0.05) is 24.7 Å². The number of anilines is 1. The molecule has 1 unspecified atom stereocenters. The lowest BCUT2D eigenvalue weighted by Gasteiger charge is -2.35. The lowest BCUT2D eigenvalue weighted by Crippen LogP contribution is -2.41. The summed E-state index contributed by atoms with van der Waals surface area (Å²) in [4.78, 5) is 18.4. The van der Waals surface area contributed by atoms with E-state index in [1.807, 2.05) is 0 Å². The van der Waals surface area contributed by atoms with Crippen molar-refractivity contribution in [3.05, 3.63) is 59.7 Å². The highest BCUT2D eigenvalue weighted by atomic mass is 19.1. The molecule has 7 nitrogen and oxygen atoms in total. The van der Waals surface area contributed by atoms with Gasteiger partial charge in [-0.15, -0.1) is 0 Å². The van der Waals surface area contributed by atoms with Crippen LogP contribution in [0.3, 0.4) is 0 Å². The minimum absolute atomic E-state index is 0.251. The van der Waals surface area contributed by atoms with Gasteiger partial charge in [-0.3, -0.25) is 0 Å². The summed E-state index contributed by atoms with van der Waals surface area (Å²) in [6, 6.07) is 7.66. The van der Waals surface area contributed by atoms with E-state index in [0.29, 0.717) is 30.0 Å². The van der Waals surface area contributed by atoms with Gasteiger partial charge in [-0.1, -0.05) is 12.1 Å². The normalized spacial score (nSPS) is 19.6. The van der Waals surface area contributed by atoms with E-state index in [0.717, 1.165) is 6.42 Å². The van der Waals surface area contributed by atoms with Crippen LogP contribution in [-0.4, -0.2) is 38.8 Å². The van der Waals surface area contributed by atoms with E-state index < -0.39 is 17.5 Å². The molecule has 1 aliphatic rings. The van der Waals surface area contributed by atoms with Gasteiger partial charge >= 0.3 is 5.97 Å². The molecule has 1 aromatic carbocycles. The molecule has 3 heterocycles. The zero-order valence-corrected chi connectivity index (χ0v) is 14.8. The highest BCUT2D eigenvalue weighted by Gasteiger charge is 2.41. The molecule has 27 heavy (non-hydrogen) atoms. The zero-order chi connectivity index (χ0) is 19.0. The van der Waals surface area contributed by atoms with E-state index in [1.54, 1.807) is 36.2 Å². The maximum Gasteiger partial charge on any atom is 0.343 e. The Kier molecular flexibility index (Phi) is 4.27. The number of nitrogens with zero attached hydrogens (tertiary/aromatic N) is 4. The molecule has 1 aliphatic heterocycles. The molecule has 0 bridgehead atoms. The van der Waals surface area contributed by atoms with Crippen molar-refractivity contribution in [2.45, 2.75) is 25.5 Å². The summed E-state index contributed by atoms with van der Waals surface area (Å²) in [5.41, 5.74) is -0.287. The first-order valence-corrected chi connectivity index (χ1v) is 8.80. The number of aliphatic hydroxyl groups is 1. The van der Waals surface area contributed by atoms with Crippen molar-refractivity contribution >= 4 is 17.4 Å². The first-order chi connectivity index (χ1) is 13.0. The third kappa shape index (κ3) is 2.91. The Morgan fingerprint density at radius 1 is 1.41 bits per heavy atom. The molecule has 0 saturated carbocycles. The summed E-state index contributed by atoms with van der Waals surface area (Å²) in [5.74, 6) is -0.423. The zero-order valence-electron chi connectivity index (χ0n) is 14.8. The van der Waals surface area contributed by atoms with Crippen LogP contribution < -0.4 is 4.90 Å². The van der Waals surface area contributed by atoms with Crippen molar-refractivity contribution in [1.29, 1.82) is 0 Å². The van der Waals surface area contributed by atoms with E-state index in [1.165, 1.54) is 22.8 Å². The number of esters is 1. The number of ether oxygens (including phenoxy) is 1. The molecule has 1 fully saturated rings. The molecule has 2 aromatic heterocycles. The van der Waals surface area contributed by atoms with Crippen LogP contribution in [0.2, 0.25) is 0 Å². The van der Waals surface area contributed by atoms with Crippen LogP contribution in [0.25, 0.3) is 5.65 Å². The number of carbonyl (C=O) groups is 1. The average Bonchev–Trinajstić information content (AvgIpc) is 3.25. The number of aromatic nitrogens is 3. The molecule has 140 valence electrons. The van der Waals surface area contributed by atoms with Crippen LogP contribution >= 0.6 is 0 Å². The SMILES string of the molecule is CCOC(=O)c1cnn2ccc(N3CCCC3(O)c3cccc(F)c3)nc12. The van der Waals surface area contributed by atoms with Gasteiger partial charge in [-0.2, -0.15) is 5.10 Å². The lowest BCUT2D eigenvalue weighted by molar-refractivity contribution is 0.0470. The Labute approximate surface area is 155 Å². The summed E-state index contributed by atoms with van der Waals surface area (Å²) in [6.45, 7) is 2.53. The molecule has 4 rings (SSSR count). The van der Waals surface area contributed by atoms with Crippen LogP contribution in [0.15, 0.2) is 42.7 Å².